The lowest BCUT2D eigenvalue weighted by atomic mass is 9.92. The van der Waals surface area contributed by atoms with Gasteiger partial charge < -0.3 is 10.4 Å². The van der Waals surface area contributed by atoms with Gasteiger partial charge in [-0.05, 0) is 25.3 Å². The molecular formula is C15H23NO. The summed E-state index contributed by atoms with van der Waals surface area (Å²) >= 11 is 0. The van der Waals surface area contributed by atoms with Gasteiger partial charge in [0.2, 0.25) is 0 Å². The van der Waals surface area contributed by atoms with Crippen molar-refractivity contribution in [3.63, 3.8) is 0 Å². The summed E-state index contributed by atoms with van der Waals surface area (Å²) in [5.74, 6) is 0. The highest BCUT2D eigenvalue weighted by molar-refractivity contribution is 5.21. The molecule has 1 atom stereocenters. The first-order valence-corrected chi connectivity index (χ1v) is 6.70. The van der Waals surface area contributed by atoms with Crippen LogP contribution < -0.4 is 5.32 Å². The average molecular weight is 233 g/mol. The topological polar surface area (TPSA) is 32.3 Å². The maximum Gasteiger partial charge on any atom is 0.0992 e. The van der Waals surface area contributed by atoms with Gasteiger partial charge in [0.05, 0.1) is 5.60 Å². The second kappa shape index (κ2) is 5.65. The molecule has 0 amide bonds. The summed E-state index contributed by atoms with van der Waals surface area (Å²) in [6.07, 6.45) is 6.53. The molecule has 0 unspecified atom stereocenters. The number of hydrogen-bond donors (Lipinski definition) is 2. The van der Waals surface area contributed by atoms with Gasteiger partial charge in [-0.1, -0.05) is 49.6 Å². The Morgan fingerprint density at radius 1 is 1.18 bits per heavy atom. The minimum absolute atomic E-state index is 0.596. The van der Waals surface area contributed by atoms with E-state index in [1.54, 1.807) is 0 Å². The van der Waals surface area contributed by atoms with Crippen LogP contribution in [0.3, 0.4) is 0 Å². The minimum atomic E-state index is -0.765. The predicted molar refractivity (Wildman–Crippen MR) is 70.9 cm³/mol. The third kappa shape index (κ3) is 3.55. The predicted octanol–water partition coefficient (Wildman–Crippen LogP) is 2.82. The Morgan fingerprint density at radius 3 is 2.47 bits per heavy atom. The Balaban J connectivity index is 1.88. The standard InChI is InChI=1S/C15H23NO/c1-15(17,13-8-4-2-5-9-13)12-16-14-10-6-3-7-11-14/h2,4-5,8-9,14,16-17H,3,6-7,10-12H2,1H3/t15-/m0/s1. The van der Waals surface area contributed by atoms with E-state index in [9.17, 15) is 5.11 Å². The summed E-state index contributed by atoms with van der Waals surface area (Å²) in [4.78, 5) is 0. The van der Waals surface area contributed by atoms with Crippen molar-refractivity contribution < 1.29 is 5.11 Å². The van der Waals surface area contributed by atoms with Gasteiger partial charge in [-0.2, -0.15) is 0 Å². The van der Waals surface area contributed by atoms with Crippen molar-refractivity contribution in [3.05, 3.63) is 35.9 Å². The lowest BCUT2D eigenvalue weighted by Crippen LogP contribution is -2.41. The van der Waals surface area contributed by atoms with Crippen LogP contribution in [0.25, 0.3) is 0 Å². The molecule has 1 aromatic rings. The van der Waals surface area contributed by atoms with E-state index in [1.807, 2.05) is 37.3 Å². The van der Waals surface area contributed by atoms with Crippen LogP contribution in [0.4, 0.5) is 0 Å². The van der Waals surface area contributed by atoms with E-state index in [4.69, 9.17) is 0 Å². The van der Waals surface area contributed by atoms with Gasteiger partial charge in [-0.3, -0.25) is 0 Å². The normalized spacial score (nSPS) is 21.1. The highest BCUT2D eigenvalue weighted by atomic mass is 16.3. The highest BCUT2D eigenvalue weighted by Crippen LogP contribution is 2.22. The molecule has 1 aromatic carbocycles. The summed E-state index contributed by atoms with van der Waals surface area (Å²) in [5, 5.41) is 14.0. The second-order valence-electron chi connectivity index (χ2n) is 5.36. The van der Waals surface area contributed by atoms with Crippen LogP contribution >= 0.6 is 0 Å². The third-order valence-corrected chi connectivity index (χ3v) is 3.74. The fourth-order valence-corrected chi connectivity index (χ4v) is 2.55. The van der Waals surface area contributed by atoms with Crippen LogP contribution in [0.15, 0.2) is 30.3 Å². The highest BCUT2D eigenvalue weighted by Gasteiger charge is 2.24. The molecule has 0 spiro atoms. The van der Waals surface area contributed by atoms with E-state index in [0.717, 1.165) is 5.56 Å². The fraction of sp³-hybridized carbons (Fsp3) is 0.600. The van der Waals surface area contributed by atoms with E-state index in [1.165, 1.54) is 32.1 Å². The van der Waals surface area contributed by atoms with Crippen LogP contribution in [0.2, 0.25) is 0 Å². The molecule has 17 heavy (non-hydrogen) atoms. The van der Waals surface area contributed by atoms with Crippen LogP contribution in [0.1, 0.15) is 44.6 Å². The van der Waals surface area contributed by atoms with Gasteiger partial charge in [0.1, 0.15) is 0 Å². The fourth-order valence-electron chi connectivity index (χ4n) is 2.55. The quantitative estimate of drug-likeness (QED) is 0.838. The molecule has 1 fully saturated rings. The number of nitrogens with one attached hydrogen (secondary N) is 1. The van der Waals surface area contributed by atoms with Crippen molar-refractivity contribution in [1.82, 2.24) is 5.32 Å². The van der Waals surface area contributed by atoms with Crippen LogP contribution in [0, 0.1) is 0 Å². The minimum Gasteiger partial charge on any atom is -0.384 e. The van der Waals surface area contributed by atoms with Crippen molar-refractivity contribution in [2.45, 2.75) is 50.7 Å². The van der Waals surface area contributed by atoms with Gasteiger partial charge >= 0.3 is 0 Å². The summed E-state index contributed by atoms with van der Waals surface area (Å²) in [5.41, 5.74) is 0.224. The maximum atomic E-state index is 10.5. The Morgan fingerprint density at radius 2 is 1.82 bits per heavy atom. The smallest absolute Gasteiger partial charge is 0.0992 e. The number of benzene rings is 1. The van der Waals surface area contributed by atoms with Crippen LogP contribution in [-0.4, -0.2) is 17.7 Å². The van der Waals surface area contributed by atoms with E-state index in [2.05, 4.69) is 5.32 Å². The monoisotopic (exact) mass is 233 g/mol. The number of rotatable bonds is 4. The summed E-state index contributed by atoms with van der Waals surface area (Å²) < 4.78 is 0. The first-order chi connectivity index (χ1) is 8.18. The van der Waals surface area contributed by atoms with Crippen molar-refractivity contribution in [2.75, 3.05) is 6.54 Å². The molecule has 2 rings (SSSR count). The Labute approximate surface area is 104 Å². The number of aliphatic hydroxyl groups is 1. The van der Waals surface area contributed by atoms with Gasteiger partial charge in [-0.15, -0.1) is 0 Å². The summed E-state index contributed by atoms with van der Waals surface area (Å²) in [7, 11) is 0. The summed E-state index contributed by atoms with van der Waals surface area (Å²) in [6.45, 7) is 2.53. The molecule has 0 saturated heterocycles. The molecule has 2 heteroatoms. The van der Waals surface area contributed by atoms with Crippen molar-refractivity contribution in [1.29, 1.82) is 0 Å². The SMILES string of the molecule is C[C@](O)(CNC1CCCCC1)c1ccccc1. The molecule has 94 valence electrons. The molecule has 2 nitrogen and oxygen atoms in total. The largest absolute Gasteiger partial charge is 0.384 e. The molecule has 1 saturated carbocycles. The molecule has 2 N–H and O–H groups in total. The lowest BCUT2D eigenvalue weighted by Gasteiger charge is -2.29. The molecule has 0 heterocycles. The Kier molecular flexibility index (Phi) is 4.19. The first kappa shape index (κ1) is 12.6. The van der Waals surface area contributed by atoms with Gasteiger partial charge in [-0.25, -0.2) is 0 Å². The second-order valence-corrected chi connectivity index (χ2v) is 5.36. The number of hydrogen-bond acceptors (Lipinski definition) is 2. The van der Waals surface area contributed by atoms with Gasteiger partial charge in [0, 0.05) is 12.6 Å². The lowest BCUT2D eigenvalue weighted by molar-refractivity contribution is 0.0522. The van der Waals surface area contributed by atoms with Crippen molar-refractivity contribution in [2.24, 2.45) is 0 Å². The zero-order valence-corrected chi connectivity index (χ0v) is 10.7. The Bertz CT molecular complexity index is 328. The van der Waals surface area contributed by atoms with Crippen molar-refractivity contribution in [3.8, 4) is 0 Å². The van der Waals surface area contributed by atoms with E-state index in [0.29, 0.717) is 12.6 Å². The average Bonchev–Trinajstić information content (AvgIpc) is 2.39. The summed E-state index contributed by atoms with van der Waals surface area (Å²) in [6, 6.07) is 10.5. The molecule has 0 aromatic heterocycles. The molecule has 1 aliphatic rings. The van der Waals surface area contributed by atoms with Crippen LogP contribution in [-0.2, 0) is 5.60 Å². The van der Waals surface area contributed by atoms with Crippen LogP contribution in [0.5, 0.6) is 0 Å². The van der Waals surface area contributed by atoms with E-state index >= 15 is 0 Å². The molecule has 0 aliphatic heterocycles. The molecule has 0 radical (unpaired) electrons. The zero-order chi connectivity index (χ0) is 12.1. The molecule has 0 bridgehead atoms. The molecule has 1 aliphatic carbocycles. The van der Waals surface area contributed by atoms with Crippen molar-refractivity contribution >= 4 is 0 Å². The molecular weight excluding hydrogens is 210 g/mol. The first-order valence-electron chi connectivity index (χ1n) is 6.70. The zero-order valence-electron chi connectivity index (χ0n) is 10.7. The maximum absolute atomic E-state index is 10.5. The van der Waals surface area contributed by atoms with E-state index in [-0.39, 0.29) is 0 Å². The van der Waals surface area contributed by atoms with Gasteiger partial charge in [0.25, 0.3) is 0 Å². The van der Waals surface area contributed by atoms with Gasteiger partial charge in [0.15, 0.2) is 0 Å². The Hall–Kier alpha value is -0.860. The van der Waals surface area contributed by atoms with E-state index < -0.39 is 5.60 Å². The third-order valence-electron chi connectivity index (χ3n) is 3.74.